The van der Waals surface area contributed by atoms with Crippen LogP contribution in [0.3, 0.4) is 0 Å². The molecule has 2 rings (SSSR count). The first kappa shape index (κ1) is 18.4. The summed E-state index contributed by atoms with van der Waals surface area (Å²) in [5, 5.41) is 15.4. The van der Waals surface area contributed by atoms with E-state index in [1.807, 2.05) is 38.1 Å². The largest absolute Gasteiger partial charge is 0.495 e. The maximum Gasteiger partial charge on any atom is 0.267 e. The number of rotatable bonds is 5. The lowest BCUT2D eigenvalue weighted by molar-refractivity contribution is -0.112. The van der Waals surface area contributed by atoms with E-state index in [2.05, 4.69) is 10.6 Å². The smallest absolute Gasteiger partial charge is 0.267 e. The lowest BCUT2D eigenvalue weighted by Crippen LogP contribution is -2.15. The summed E-state index contributed by atoms with van der Waals surface area (Å²) in [6, 6.07) is 12.6. The monoisotopic (exact) mass is 355 g/mol. The van der Waals surface area contributed by atoms with Crippen LogP contribution in [0.2, 0.25) is 5.02 Å². The molecule has 25 heavy (non-hydrogen) atoms. The Morgan fingerprint density at radius 3 is 2.64 bits per heavy atom. The summed E-state index contributed by atoms with van der Waals surface area (Å²) in [4.78, 5) is 12.4. The molecule has 0 spiro atoms. The van der Waals surface area contributed by atoms with Crippen molar-refractivity contribution in [3.05, 3.63) is 64.3 Å². The van der Waals surface area contributed by atoms with Crippen molar-refractivity contribution in [2.75, 3.05) is 17.7 Å². The zero-order valence-electron chi connectivity index (χ0n) is 14.2. The molecule has 0 aliphatic heterocycles. The van der Waals surface area contributed by atoms with Gasteiger partial charge in [-0.2, -0.15) is 5.26 Å². The number of nitrogens with one attached hydrogen (secondary N) is 2. The summed E-state index contributed by atoms with van der Waals surface area (Å²) < 4.78 is 5.18. The zero-order chi connectivity index (χ0) is 18.4. The minimum Gasteiger partial charge on any atom is -0.495 e. The number of hydrogen-bond acceptors (Lipinski definition) is 4. The molecule has 128 valence electrons. The fourth-order valence-electron chi connectivity index (χ4n) is 2.16. The molecule has 0 heterocycles. The third kappa shape index (κ3) is 4.75. The number of carbonyl (C=O) groups is 1. The van der Waals surface area contributed by atoms with Gasteiger partial charge in [-0.3, -0.25) is 4.79 Å². The molecule has 0 saturated carbocycles. The molecular weight excluding hydrogens is 338 g/mol. The first-order valence-corrected chi connectivity index (χ1v) is 7.91. The highest BCUT2D eigenvalue weighted by Gasteiger charge is 2.13. The Morgan fingerprint density at radius 2 is 1.96 bits per heavy atom. The number of halogens is 1. The number of ether oxygens (including phenoxy) is 1. The van der Waals surface area contributed by atoms with Crippen LogP contribution in [0.25, 0.3) is 0 Å². The van der Waals surface area contributed by atoms with Crippen LogP contribution in [0.1, 0.15) is 11.1 Å². The summed E-state index contributed by atoms with van der Waals surface area (Å²) in [7, 11) is 1.49. The second-order valence-electron chi connectivity index (χ2n) is 5.43. The first-order valence-electron chi connectivity index (χ1n) is 7.53. The van der Waals surface area contributed by atoms with Gasteiger partial charge >= 0.3 is 0 Å². The molecule has 2 aromatic carbocycles. The maximum absolute atomic E-state index is 12.4. The molecule has 1 amide bonds. The summed E-state index contributed by atoms with van der Waals surface area (Å²) >= 11 is 5.95. The molecule has 0 aliphatic rings. The number of benzene rings is 2. The van der Waals surface area contributed by atoms with Gasteiger partial charge in [-0.05, 0) is 49.2 Å². The highest BCUT2D eigenvalue weighted by molar-refractivity contribution is 6.31. The van der Waals surface area contributed by atoms with Gasteiger partial charge in [0.25, 0.3) is 5.91 Å². The molecule has 0 aromatic heterocycles. The quantitative estimate of drug-likeness (QED) is 0.615. The fourth-order valence-corrected chi connectivity index (χ4v) is 2.33. The second kappa shape index (κ2) is 8.22. The van der Waals surface area contributed by atoms with Gasteiger partial charge in [0, 0.05) is 16.9 Å². The Kier molecular flexibility index (Phi) is 6.04. The average molecular weight is 356 g/mol. The highest BCUT2D eigenvalue weighted by Crippen LogP contribution is 2.28. The van der Waals surface area contributed by atoms with Crippen molar-refractivity contribution < 1.29 is 9.53 Å². The molecule has 0 radical (unpaired) electrons. The van der Waals surface area contributed by atoms with Gasteiger partial charge in [-0.1, -0.05) is 23.7 Å². The van der Waals surface area contributed by atoms with Crippen molar-refractivity contribution in [3.8, 4) is 11.8 Å². The van der Waals surface area contributed by atoms with E-state index in [1.54, 1.807) is 18.2 Å². The molecule has 6 heteroatoms. The SMILES string of the molecule is COc1ccc(Cl)cc1NC(=O)/C(C#N)=C\Nc1cc(C)ccc1C. The molecule has 0 aliphatic carbocycles. The maximum atomic E-state index is 12.4. The average Bonchev–Trinajstić information content (AvgIpc) is 2.58. The van der Waals surface area contributed by atoms with E-state index in [-0.39, 0.29) is 5.57 Å². The van der Waals surface area contributed by atoms with Crippen LogP contribution in [0.4, 0.5) is 11.4 Å². The van der Waals surface area contributed by atoms with Gasteiger partial charge in [-0.15, -0.1) is 0 Å². The predicted molar refractivity (Wildman–Crippen MR) is 99.9 cm³/mol. The molecule has 2 aromatic rings. The molecule has 0 atom stereocenters. The number of amides is 1. The van der Waals surface area contributed by atoms with Crippen molar-refractivity contribution in [3.63, 3.8) is 0 Å². The van der Waals surface area contributed by atoms with E-state index in [0.29, 0.717) is 16.5 Å². The van der Waals surface area contributed by atoms with Gasteiger partial charge in [0.05, 0.1) is 12.8 Å². The molecule has 0 unspecified atom stereocenters. The number of nitrogens with zero attached hydrogens (tertiary/aromatic N) is 1. The second-order valence-corrected chi connectivity index (χ2v) is 5.87. The number of hydrogen-bond donors (Lipinski definition) is 2. The minimum absolute atomic E-state index is 0.0667. The molecule has 0 saturated heterocycles. The number of aryl methyl sites for hydroxylation is 2. The van der Waals surface area contributed by atoms with Crippen molar-refractivity contribution in [2.24, 2.45) is 0 Å². The Hall–Kier alpha value is -2.97. The van der Waals surface area contributed by atoms with Crippen molar-refractivity contribution in [1.29, 1.82) is 5.26 Å². The van der Waals surface area contributed by atoms with Gasteiger partial charge in [0.15, 0.2) is 0 Å². The van der Waals surface area contributed by atoms with E-state index in [1.165, 1.54) is 13.3 Å². The topological polar surface area (TPSA) is 74.1 Å². The molecule has 2 N–H and O–H groups in total. The molecule has 0 bridgehead atoms. The van der Waals surface area contributed by atoms with Gasteiger partial charge in [0.1, 0.15) is 17.4 Å². The number of anilines is 2. The van der Waals surface area contributed by atoms with E-state index in [4.69, 9.17) is 16.3 Å². The van der Waals surface area contributed by atoms with Crippen LogP contribution in [-0.4, -0.2) is 13.0 Å². The van der Waals surface area contributed by atoms with E-state index < -0.39 is 5.91 Å². The standard InChI is InChI=1S/C19H18ClN3O2/c1-12-4-5-13(2)16(8-12)22-11-14(10-21)19(24)23-17-9-15(20)6-7-18(17)25-3/h4-9,11,22H,1-3H3,(H,23,24)/b14-11-. The minimum atomic E-state index is -0.555. The van der Waals surface area contributed by atoms with Crippen molar-refractivity contribution in [1.82, 2.24) is 0 Å². The normalized spacial score (nSPS) is 10.8. The lowest BCUT2D eigenvalue weighted by atomic mass is 10.1. The van der Waals surface area contributed by atoms with Gasteiger partial charge in [-0.25, -0.2) is 0 Å². The number of carbonyl (C=O) groups excluding carboxylic acids is 1. The Bertz CT molecular complexity index is 869. The summed E-state index contributed by atoms with van der Waals surface area (Å²) in [5.41, 5.74) is 3.25. The number of methoxy groups -OCH3 is 1. The molecule has 0 fully saturated rings. The van der Waals surface area contributed by atoms with Crippen LogP contribution < -0.4 is 15.4 Å². The fraction of sp³-hybridized carbons (Fsp3) is 0.158. The Labute approximate surface area is 151 Å². The van der Waals surface area contributed by atoms with E-state index in [0.717, 1.165) is 16.8 Å². The third-order valence-electron chi connectivity index (χ3n) is 3.54. The van der Waals surface area contributed by atoms with Crippen LogP contribution in [0, 0.1) is 25.2 Å². The molecule has 5 nitrogen and oxygen atoms in total. The first-order chi connectivity index (χ1) is 11.9. The van der Waals surface area contributed by atoms with Crippen LogP contribution in [0.15, 0.2) is 48.2 Å². The molecular formula is C19H18ClN3O2. The van der Waals surface area contributed by atoms with Crippen LogP contribution in [-0.2, 0) is 4.79 Å². The lowest BCUT2D eigenvalue weighted by Gasteiger charge is -2.11. The van der Waals surface area contributed by atoms with Crippen molar-refractivity contribution >= 4 is 28.9 Å². The Balaban J connectivity index is 2.20. The van der Waals surface area contributed by atoms with Crippen LogP contribution >= 0.6 is 11.6 Å². The van der Waals surface area contributed by atoms with E-state index >= 15 is 0 Å². The zero-order valence-corrected chi connectivity index (χ0v) is 14.9. The predicted octanol–water partition coefficient (Wildman–Crippen LogP) is 4.42. The van der Waals surface area contributed by atoms with Crippen LogP contribution in [0.5, 0.6) is 5.75 Å². The number of nitriles is 1. The van der Waals surface area contributed by atoms with Gasteiger partial charge in [0.2, 0.25) is 0 Å². The Morgan fingerprint density at radius 1 is 1.20 bits per heavy atom. The third-order valence-corrected chi connectivity index (χ3v) is 3.77. The summed E-state index contributed by atoms with van der Waals surface area (Å²) in [6.45, 7) is 3.91. The van der Waals surface area contributed by atoms with E-state index in [9.17, 15) is 10.1 Å². The highest BCUT2D eigenvalue weighted by atomic mass is 35.5. The summed E-state index contributed by atoms with van der Waals surface area (Å²) in [5.74, 6) is -0.0987. The van der Waals surface area contributed by atoms with Gasteiger partial charge < -0.3 is 15.4 Å². The van der Waals surface area contributed by atoms with Crippen molar-refractivity contribution in [2.45, 2.75) is 13.8 Å². The summed E-state index contributed by atoms with van der Waals surface area (Å²) in [6.07, 6.45) is 1.38.